The third-order valence-electron chi connectivity index (χ3n) is 5.76. The van der Waals surface area contributed by atoms with E-state index in [1.807, 2.05) is 0 Å². The molecule has 4 nitrogen and oxygen atoms in total. The van der Waals surface area contributed by atoms with E-state index in [2.05, 4.69) is 4.98 Å². The Morgan fingerprint density at radius 2 is 1.74 bits per heavy atom. The van der Waals surface area contributed by atoms with Crippen molar-refractivity contribution in [2.75, 3.05) is 5.73 Å². The molecule has 0 aliphatic heterocycles. The van der Waals surface area contributed by atoms with E-state index in [9.17, 15) is 4.79 Å². The number of rotatable bonds is 1. The number of hydrogen-bond donors (Lipinski definition) is 1. The van der Waals surface area contributed by atoms with Crippen LogP contribution in [-0.4, -0.2) is 9.55 Å². The van der Waals surface area contributed by atoms with E-state index in [1.54, 1.807) is 13.1 Å². The minimum absolute atomic E-state index is 0.0173. The highest BCUT2D eigenvalue weighted by Gasteiger charge is 2.49. The van der Waals surface area contributed by atoms with Crippen molar-refractivity contribution in [1.82, 2.24) is 9.55 Å². The van der Waals surface area contributed by atoms with Crippen LogP contribution in [0, 0.1) is 23.7 Å². The van der Waals surface area contributed by atoms with Crippen molar-refractivity contribution >= 4 is 5.95 Å². The Kier molecular flexibility index (Phi) is 2.32. The lowest BCUT2D eigenvalue weighted by Gasteiger charge is -2.54. The van der Waals surface area contributed by atoms with Gasteiger partial charge in [-0.1, -0.05) is 0 Å². The van der Waals surface area contributed by atoms with E-state index in [-0.39, 0.29) is 5.56 Å². The maximum atomic E-state index is 11.9. The van der Waals surface area contributed by atoms with Crippen LogP contribution in [0.4, 0.5) is 5.95 Å². The van der Waals surface area contributed by atoms with E-state index < -0.39 is 0 Å². The van der Waals surface area contributed by atoms with Gasteiger partial charge in [0, 0.05) is 19.0 Å². The summed E-state index contributed by atoms with van der Waals surface area (Å²) in [6, 6.07) is 1.73. The summed E-state index contributed by atoms with van der Waals surface area (Å²) in [4.78, 5) is 16.5. The van der Waals surface area contributed by atoms with E-state index in [0.29, 0.717) is 11.9 Å². The maximum Gasteiger partial charge on any atom is 0.254 e. The largest absolute Gasteiger partial charge is 0.369 e. The van der Waals surface area contributed by atoms with Gasteiger partial charge in [0.25, 0.3) is 5.56 Å². The molecule has 4 saturated carbocycles. The molecule has 0 unspecified atom stereocenters. The van der Waals surface area contributed by atoms with E-state index >= 15 is 0 Å². The Hall–Kier alpha value is -1.32. The molecular formula is C15H21N3O. The van der Waals surface area contributed by atoms with Gasteiger partial charge in [0.1, 0.15) is 0 Å². The second kappa shape index (κ2) is 3.84. The second-order valence-corrected chi connectivity index (χ2v) is 6.89. The minimum atomic E-state index is -0.0173. The van der Waals surface area contributed by atoms with Crippen LogP contribution in [0.2, 0.25) is 0 Å². The lowest BCUT2D eigenvalue weighted by atomic mass is 9.51. The average Bonchev–Trinajstić information content (AvgIpc) is 2.34. The summed E-state index contributed by atoms with van der Waals surface area (Å²) in [6.45, 7) is 0. The molecule has 0 amide bonds. The van der Waals surface area contributed by atoms with Crippen LogP contribution < -0.4 is 11.3 Å². The zero-order valence-corrected chi connectivity index (χ0v) is 11.4. The smallest absolute Gasteiger partial charge is 0.254 e. The molecule has 4 aliphatic rings. The van der Waals surface area contributed by atoms with Crippen molar-refractivity contribution in [1.29, 1.82) is 0 Å². The number of hydrogen-bond acceptors (Lipinski definition) is 3. The first-order chi connectivity index (χ1) is 9.11. The van der Waals surface area contributed by atoms with Gasteiger partial charge >= 0.3 is 0 Å². The summed E-state index contributed by atoms with van der Waals surface area (Å²) >= 11 is 0. The molecule has 102 valence electrons. The Bertz CT molecular complexity index is 549. The third-order valence-corrected chi connectivity index (χ3v) is 5.76. The number of aromatic nitrogens is 2. The monoisotopic (exact) mass is 259 g/mol. The van der Waals surface area contributed by atoms with E-state index in [1.165, 1.54) is 36.7 Å². The van der Waals surface area contributed by atoms with Crippen LogP contribution in [0.1, 0.15) is 43.7 Å². The summed E-state index contributed by atoms with van der Waals surface area (Å²) in [5.41, 5.74) is 6.82. The van der Waals surface area contributed by atoms with Crippen molar-refractivity contribution in [3.63, 3.8) is 0 Å². The van der Waals surface area contributed by atoms with Gasteiger partial charge < -0.3 is 5.73 Å². The molecule has 0 atom stereocenters. The zero-order valence-electron chi connectivity index (χ0n) is 11.4. The van der Waals surface area contributed by atoms with Crippen molar-refractivity contribution in [3.05, 3.63) is 22.1 Å². The summed E-state index contributed by atoms with van der Waals surface area (Å²) in [5.74, 6) is 4.23. The van der Waals surface area contributed by atoms with Gasteiger partial charge in [0.2, 0.25) is 5.95 Å². The molecule has 4 bridgehead atoms. The molecular weight excluding hydrogens is 238 g/mol. The normalized spacial score (nSPS) is 39.7. The van der Waals surface area contributed by atoms with Crippen molar-refractivity contribution in [2.45, 2.75) is 38.0 Å². The summed E-state index contributed by atoms with van der Waals surface area (Å²) in [7, 11) is 1.69. The van der Waals surface area contributed by atoms with Gasteiger partial charge in [-0.25, -0.2) is 4.98 Å². The molecule has 1 aromatic heterocycles. The highest BCUT2D eigenvalue weighted by atomic mass is 16.1. The standard InChI is InChI=1S/C15H21N3O/c1-18-13(19)7-12(17-15(18)16)14-10-3-8-2-9(5-10)6-11(14)4-8/h7-11,14H,2-6H2,1H3,(H2,16,17). The molecule has 0 aromatic carbocycles. The molecule has 0 spiro atoms. The van der Waals surface area contributed by atoms with E-state index in [0.717, 1.165) is 29.4 Å². The highest BCUT2D eigenvalue weighted by molar-refractivity contribution is 5.24. The summed E-state index contributed by atoms with van der Waals surface area (Å²) < 4.78 is 1.43. The lowest BCUT2D eigenvalue weighted by Crippen LogP contribution is -2.44. The Morgan fingerprint density at radius 3 is 2.26 bits per heavy atom. The number of nitrogens with two attached hydrogens (primary N) is 1. The van der Waals surface area contributed by atoms with Gasteiger partial charge in [0.05, 0.1) is 5.69 Å². The number of anilines is 1. The lowest BCUT2D eigenvalue weighted by molar-refractivity contribution is -0.00420. The molecule has 1 heterocycles. The fourth-order valence-corrected chi connectivity index (χ4v) is 5.15. The second-order valence-electron chi connectivity index (χ2n) is 6.89. The van der Waals surface area contributed by atoms with Crippen LogP contribution in [-0.2, 0) is 7.05 Å². The molecule has 2 N–H and O–H groups in total. The van der Waals surface area contributed by atoms with Crippen LogP contribution in [0.15, 0.2) is 10.9 Å². The topological polar surface area (TPSA) is 60.9 Å². The predicted octanol–water partition coefficient (Wildman–Crippen LogP) is 1.90. The fourth-order valence-electron chi connectivity index (χ4n) is 5.15. The predicted molar refractivity (Wildman–Crippen MR) is 73.7 cm³/mol. The van der Waals surface area contributed by atoms with Gasteiger partial charge in [0.15, 0.2) is 0 Å². The molecule has 4 heteroatoms. The van der Waals surface area contributed by atoms with Crippen molar-refractivity contribution in [3.8, 4) is 0 Å². The van der Waals surface area contributed by atoms with Crippen molar-refractivity contribution < 1.29 is 0 Å². The van der Waals surface area contributed by atoms with Gasteiger partial charge in [-0.05, 0) is 55.8 Å². The molecule has 4 fully saturated rings. The molecule has 1 aromatic rings. The first kappa shape index (κ1) is 11.5. The highest BCUT2D eigenvalue weighted by Crippen LogP contribution is 2.59. The fraction of sp³-hybridized carbons (Fsp3) is 0.733. The van der Waals surface area contributed by atoms with Gasteiger partial charge in [-0.2, -0.15) is 0 Å². The van der Waals surface area contributed by atoms with Gasteiger partial charge in [-0.15, -0.1) is 0 Å². The Morgan fingerprint density at radius 1 is 1.16 bits per heavy atom. The van der Waals surface area contributed by atoms with Crippen LogP contribution >= 0.6 is 0 Å². The number of nitrogen functional groups attached to an aromatic ring is 1. The van der Waals surface area contributed by atoms with E-state index in [4.69, 9.17) is 5.73 Å². The quantitative estimate of drug-likeness (QED) is 0.838. The Labute approximate surface area is 113 Å². The molecule has 5 rings (SSSR count). The molecule has 0 saturated heterocycles. The first-order valence-corrected chi connectivity index (χ1v) is 7.45. The molecule has 4 aliphatic carbocycles. The molecule has 0 radical (unpaired) electrons. The molecule has 19 heavy (non-hydrogen) atoms. The van der Waals surface area contributed by atoms with Crippen LogP contribution in [0.25, 0.3) is 0 Å². The maximum absolute atomic E-state index is 11.9. The van der Waals surface area contributed by atoms with Gasteiger partial charge in [-0.3, -0.25) is 9.36 Å². The van der Waals surface area contributed by atoms with Crippen LogP contribution in [0.5, 0.6) is 0 Å². The summed E-state index contributed by atoms with van der Waals surface area (Å²) in [5, 5.41) is 0. The SMILES string of the molecule is Cn1c(N)nc(C2C3CC4CC(C3)CC2C4)cc1=O. The number of nitrogens with zero attached hydrogens (tertiary/aromatic N) is 2. The summed E-state index contributed by atoms with van der Waals surface area (Å²) in [6.07, 6.45) is 6.82. The Balaban J connectivity index is 1.75. The van der Waals surface area contributed by atoms with Crippen molar-refractivity contribution in [2.24, 2.45) is 30.7 Å². The average molecular weight is 259 g/mol. The first-order valence-electron chi connectivity index (χ1n) is 7.45. The minimum Gasteiger partial charge on any atom is -0.369 e. The third kappa shape index (κ3) is 1.65. The van der Waals surface area contributed by atoms with Crippen LogP contribution in [0.3, 0.4) is 0 Å². The zero-order chi connectivity index (χ0) is 13.1.